The molecule has 2 rings (SSSR count). The number of hydrazone groups is 1. The molecule has 35 heavy (non-hydrogen) atoms. The second kappa shape index (κ2) is 9.84. The Balaban J connectivity index is 2.93. The third-order valence-electron chi connectivity index (χ3n) is 5.23. The van der Waals surface area contributed by atoms with Crippen molar-refractivity contribution in [3.63, 3.8) is 0 Å². The SMILES string of the molecule is OC1N(c2ccc(C(F)(F)F)cc2C(F)(F)F)N=C(C(F)(F)F)C1(C(CI)CI)C(O)C(F)(F)F. The summed E-state index contributed by atoms with van der Waals surface area (Å²) in [5.74, 6) is -1.84. The number of alkyl halides is 14. The normalized spacial score (nSPS) is 23.2. The molecular formula is C17H12F12I2N2O2. The van der Waals surface area contributed by atoms with Crippen LogP contribution in [0.5, 0.6) is 0 Å². The molecule has 0 aliphatic carbocycles. The quantitative estimate of drug-likeness (QED) is 0.215. The zero-order valence-corrected chi connectivity index (χ0v) is 20.8. The summed E-state index contributed by atoms with van der Waals surface area (Å²) in [6, 6.07) is -0.404. The van der Waals surface area contributed by atoms with Crippen LogP contribution < -0.4 is 5.01 Å². The van der Waals surface area contributed by atoms with Gasteiger partial charge in [0.05, 0.1) is 16.8 Å². The summed E-state index contributed by atoms with van der Waals surface area (Å²) in [5, 5.41) is 23.1. The fourth-order valence-electron chi connectivity index (χ4n) is 3.67. The number of halogens is 14. The Morgan fingerprint density at radius 1 is 0.886 bits per heavy atom. The highest BCUT2D eigenvalue weighted by Gasteiger charge is 2.71. The van der Waals surface area contributed by atoms with Gasteiger partial charge in [0.25, 0.3) is 0 Å². The van der Waals surface area contributed by atoms with E-state index in [0.717, 1.165) is 0 Å². The molecule has 3 unspecified atom stereocenters. The monoisotopic (exact) mass is 758 g/mol. The number of hydrogen-bond acceptors (Lipinski definition) is 4. The Bertz CT molecular complexity index is 956. The van der Waals surface area contributed by atoms with E-state index < -0.39 is 90.8 Å². The molecule has 0 amide bonds. The molecule has 1 aromatic carbocycles. The smallest absolute Gasteiger partial charge is 0.383 e. The van der Waals surface area contributed by atoms with Crippen LogP contribution in [-0.2, 0) is 12.4 Å². The van der Waals surface area contributed by atoms with Crippen molar-refractivity contribution < 1.29 is 62.9 Å². The van der Waals surface area contributed by atoms with Crippen molar-refractivity contribution in [2.75, 3.05) is 13.9 Å². The second-order valence-corrected chi connectivity index (χ2v) is 9.04. The Morgan fingerprint density at radius 3 is 1.77 bits per heavy atom. The summed E-state index contributed by atoms with van der Waals surface area (Å²) in [7, 11) is 0. The van der Waals surface area contributed by atoms with E-state index in [1.807, 2.05) is 0 Å². The molecule has 1 aromatic rings. The van der Waals surface area contributed by atoms with Crippen LogP contribution in [0.3, 0.4) is 0 Å². The average Bonchev–Trinajstić information content (AvgIpc) is 3.00. The molecule has 0 bridgehead atoms. The van der Waals surface area contributed by atoms with Gasteiger partial charge < -0.3 is 10.2 Å². The number of aliphatic hydroxyl groups excluding tert-OH is 2. The van der Waals surface area contributed by atoms with Crippen LogP contribution in [0, 0.1) is 11.3 Å². The highest BCUT2D eigenvalue weighted by atomic mass is 127. The maximum absolute atomic E-state index is 13.9. The largest absolute Gasteiger partial charge is 0.432 e. The highest BCUT2D eigenvalue weighted by molar-refractivity contribution is 14.1. The first-order valence-electron chi connectivity index (χ1n) is 8.93. The topological polar surface area (TPSA) is 56.1 Å². The van der Waals surface area contributed by atoms with E-state index in [-0.39, 0.29) is 12.1 Å². The van der Waals surface area contributed by atoms with Gasteiger partial charge in [0.1, 0.15) is 5.41 Å². The Morgan fingerprint density at radius 2 is 1.40 bits per heavy atom. The molecule has 0 saturated carbocycles. The molecule has 200 valence electrons. The van der Waals surface area contributed by atoms with Crippen LogP contribution in [0.25, 0.3) is 0 Å². The minimum absolute atomic E-state index is 0.0333. The molecule has 0 spiro atoms. The van der Waals surface area contributed by atoms with Crippen molar-refractivity contribution in [2.24, 2.45) is 16.4 Å². The standard InChI is InChI=1S/C17H12F12I2N2O2/c18-14(19,20)6-1-2-9(8(3-6)15(21,22)23)33-12(35)13(7(4-30)5-31,11(34)17(27,28)29)10(32-33)16(24,25)26/h1-3,7,11-12,34-35H,4-5H2. The minimum atomic E-state index is -5.80. The van der Waals surface area contributed by atoms with Gasteiger partial charge in [-0.05, 0) is 24.1 Å². The molecule has 1 aliphatic heterocycles. The summed E-state index contributed by atoms with van der Waals surface area (Å²) in [5.41, 5.74) is -11.8. The first kappa shape index (κ1) is 30.5. The lowest BCUT2D eigenvalue weighted by Crippen LogP contribution is -2.64. The maximum atomic E-state index is 13.9. The van der Waals surface area contributed by atoms with Crippen molar-refractivity contribution >= 4 is 56.6 Å². The minimum Gasteiger partial charge on any atom is -0.383 e. The van der Waals surface area contributed by atoms with Crippen molar-refractivity contribution in [3.05, 3.63) is 29.3 Å². The molecule has 2 N–H and O–H groups in total. The van der Waals surface area contributed by atoms with E-state index >= 15 is 0 Å². The van der Waals surface area contributed by atoms with Gasteiger partial charge in [-0.15, -0.1) is 0 Å². The molecule has 18 heteroatoms. The fraction of sp³-hybridized carbons (Fsp3) is 0.588. The lowest BCUT2D eigenvalue weighted by Gasteiger charge is -2.44. The third kappa shape index (κ3) is 5.58. The molecule has 0 saturated heterocycles. The zero-order valence-electron chi connectivity index (χ0n) is 16.5. The molecule has 1 aliphatic rings. The molecule has 0 radical (unpaired) electrons. The van der Waals surface area contributed by atoms with Gasteiger partial charge in [0.2, 0.25) is 0 Å². The Kier molecular flexibility index (Phi) is 8.56. The van der Waals surface area contributed by atoms with Gasteiger partial charge in [0, 0.05) is 8.86 Å². The number of aliphatic hydroxyl groups is 2. The van der Waals surface area contributed by atoms with Crippen LogP contribution in [0.2, 0.25) is 0 Å². The molecular weight excluding hydrogens is 746 g/mol. The van der Waals surface area contributed by atoms with Crippen molar-refractivity contribution in [3.8, 4) is 0 Å². The Hall–Kier alpha value is -0.770. The molecule has 1 heterocycles. The van der Waals surface area contributed by atoms with Crippen LogP contribution in [-0.4, -0.2) is 49.5 Å². The van der Waals surface area contributed by atoms with Gasteiger partial charge in [-0.1, -0.05) is 45.2 Å². The van der Waals surface area contributed by atoms with Crippen molar-refractivity contribution in [1.29, 1.82) is 0 Å². The van der Waals surface area contributed by atoms with Gasteiger partial charge in [-0.3, -0.25) is 0 Å². The second-order valence-electron chi connectivity index (χ2n) is 7.27. The number of nitrogens with zero attached hydrogens (tertiary/aromatic N) is 2. The van der Waals surface area contributed by atoms with E-state index in [0.29, 0.717) is 0 Å². The lowest BCUT2D eigenvalue weighted by molar-refractivity contribution is -0.248. The van der Waals surface area contributed by atoms with E-state index in [9.17, 15) is 62.9 Å². The molecule has 4 nitrogen and oxygen atoms in total. The first-order valence-corrected chi connectivity index (χ1v) is 12.0. The van der Waals surface area contributed by atoms with Crippen LogP contribution in [0.4, 0.5) is 58.4 Å². The van der Waals surface area contributed by atoms with Crippen molar-refractivity contribution in [2.45, 2.75) is 37.0 Å². The van der Waals surface area contributed by atoms with Crippen LogP contribution >= 0.6 is 45.2 Å². The van der Waals surface area contributed by atoms with E-state index in [2.05, 4.69) is 5.10 Å². The first-order chi connectivity index (χ1) is 15.6. The van der Waals surface area contributed by atoms with E-state index in [1.54, 1.807) is 0 Å². The van der Waals surface area contributed by atoms with Gasteiger partial charge in [-0.25, -0.2) is 5.01 Å². The van der Waals surface area contributed by atoms with Crippen LogP contribution in [0.15, 0.2) is 23.3 Å². The van der Waals surface area contributed by atoms with Crippen LogP contribution in [0.1, 0.15) is 11.1 Å². The summed E-state index contributed by atoms with van der Waals surface area (Å²) < 4.78 is 161. The summed E-state index contributed by atoms with van der Waals surface area (Å²) in [6.07, 6.45) is -29.7. The summed E-state index contributed by atoms with van der Waals surface area (Å²) >= 11 is 2.75. The van der Waals surface area contributed by atoms with Crippen molar-refractivity contribution in [1.82, 2.24) is 0 Å². The average molecular weight is 758 g/mol. The highest BCUT2D eigenvalue weighted by Crippen LogP contribution is 2.54. The molecule has 0 aromatic heterocycles. The van der Waals surface area contributed by atoms with Gasteiger partial charge in [-0.2, -0.15) is 57.8 Å². The van der Waals surface area contributed by atoms with E-state index in [1.165, 1.54) is 45.2 Å². The fourth-order valence-corrected chi connectivity index (χ4v) is 6.94. The lowest BCUT2D eigenvalue weighted by atomic mass is 9.67. The van der Waals surface area contributed by atoms with Gasteiger partial charge in [0.15, 0.2) is 18.0 Å². The predicted molar refractivity (Wildman–Crippen MR) is 114 cm³/mol. The number of hydrogen-bond donors (Lipinski definition) is 2. The summed E-state index contributed by atoms with van der Waals surface area (Å²) in [4.78, 5) is 0. The molecule has 3 atom stereocenters. The van der Waals surface area contributed by atoms with Gasteiger partial charge >= 0.3 is 24.7 Å². The van der Waals surface area contributed by atoms with E-state index in [4.69, 9.17) is 0 Å². The Labute approximate surface area is 215 Å². The number of rotatable bonds is 5. The number of benzene rings is 1. The number of anilines is 1. The molecule has 0 fully saturated rings. The zero-order chi connectivity index (χ0) is 27.4. The maximum Gasteiger partial charge on any atom is 0.432 e. The summed E-state index contributed by atoms with van der Waals surface area (Å²) in [6.45, 7) is 0. The third-order valence-corrected chi connectivity index (χ3v) is 7.36. The predicted octanol–water partition coefficient (Wildman–Crippen LogP) is 6.18.